The molecule has 1 aromatic carbocycles. The Morgan fingerprint density at radius 1 is 1.36 bits per heavy atom. The van der Waals surface area contributed by atoms with Crippen LogP contribution in [-0.4, -0.2) is 39.3 Å². The molecule has 2 rings (SSSR count). The third-order valence-electron chi connectivity index (χ3n) is 2.52. The molecule has 0 unspecified atom stereocenters. The van der Waals surface area contributed by atoms with Gasteiger partial charge in [-0.3, -0.25) is 0 Å². The van der Waals surface area contributed by atoms with Crippen LogP contribution in [0.1, 0.15) is 0 Å². The van der Waals surface area contributed by atoms with E-state index in [9.17, 15) is 0 Å². The van der Waals surface area contributed by atoms with Crippen molar-refractivity contribution >= 4 is 34.8 Å². The number of aromatic nitrogens is 2. The van der Waals surface area contributed by atoms with Crippen LogP contribution in [0.4, 0.5) is 5.69 Å². The Kier molecular flexibility index (Phi) is 6.38. The molecular weight excluding hydrogens is 320 g/mol. The zero-order chi connectivity index (χ0) is 15.8. The number of aliphatic hydroxyl groups excluding tert-OH is 1. The highest BCUT2D eigenvalue weighted by molar-refractivity contribution is 7.99. The Morgan fingerprint density at radius 3 is 2.82 bits per heavy atom. The summed E-state index contributed by atoms with van der Waals surface area (Å²) >= 11 is 6.53. The van der Waals surface area contributed by atoms with Gasteiger partial charge < -0.3 is 20.2 Å². The maximum Gasteiger partial charge on any atom is 0.277 e. The second kappa shape index (κ2) is 8.52. The van der Waals surface area contributed by atoms with E-state index in [4.69, 9.17) is 21.7 Å². The minimum Gasteiger partial charge on any atom is -0.411 e. The Hall–Kier alpha value is -1.90. The Balaban J connectivity index is 1.97. The van der Waals surface area contributed by atoms with Crippen molar-refractivity contribution in [2.24, 2.45) is 0 Å². The molecule has 22 heavy (non-hydrogen) atoms. The molecule has 0 aliphatic heterocycles. The lowest BCUT2D eigenvalue weighted by atomic mass is 10.2. The second-order valence-corrected chi connectivity index (χ2v) is 5.53. The van der Waals surface area contributed by atoms with Crippen LogP contribution >= 0.6 is 24.0 Å². The predicted octanol–water partition coefficient (Wildman–Crippen LogP) is 2.29. The molecule has 0 radical (unpaired) electrons. The van der Waals surface area contributed by atoms with Crippen LogP contribution < -0.4 is 10.6 Å². The Labute approximate surface area is 138 Å². The topological polar surface area (TPSA) is 83.2 Å². The summed E-state index contributed by atoms with van der Waals surface area (Å²) in [4.78, 5) is 0. The van der Waals surface area contributed by atoms with E-state index in [0.29, 0.717) is 22.8 Å². The minimum atomic E-state index is 0.0319. The molecule has 0 aliphatic carbocycles. The number of hydrogen-bond donors (Lipinski definition) is 3. The molecule has 0 fully saturated rings. The van der Waals surface area contributed by atoms with E-state index in [-0.39, 0.29) is 6.61 Å². The normalized spacial score (nSPS) is 10.2. The predicted molar refractivity (Wildman–Crippen MR) is 92.0 cm³/mol. The number of thioether (sulfide) groups is 1. The third-order valence-corrected chi connectivity index (χ3v) is 3.58. The van der Waals surface area contributed by atoms with Gasteiger partial charge in [0.1, 0.15) is 0 Å². The fourth-order valence-corrected chi connectivity index (χ4v) is 2.27. The van der Waals surface area contributed by atoms with E-state index in [1.165, 1.54) is 11.8 Å². The SMILES string of the molecule is C=CCSc1nnc(-c2ccc(NC(=S)NCCO)cc2)o1. The first-order chi connectivity index (χ1) is 10.7. The van der Waals surface area contributed by atoms with Crippen LogP contribution in [0.3, 0.4) is 0 Å². The number of nitrogens with one attached hydrogen (secondary N) is 2. The van der Waals surface area contributed by atoms with Crippen LogP contribution in [0, 0.1) is 0 Å². The molecule has 1 heterocycles. The lowest BCUT2D eigenvalue weighted by Gasteiger charge is -2.09. The van der Waals surface area contributed by atoms with E-state index >= 15 is 0 Å². The highest BCUT2D eigenvalue weighted by atomic mass is 32.2. The third kappa shape index (κ3) is 4.83. The van der Waals surface area contributed by atoms with E-state index in [1.807, 2.05) is 24.3 Å². The summed E-state index contributed by atoms with van der Waals surface area (Å²) in [5.74, 6) is 1.20. The molecular formula is C14H16N4O2S2. The first-order valence-electron chi connectivity index (χ1n) is 6.56. The van der Waals surface area contributed by atoms with Crippen molar-refractivity contribution in [1.82, 2.24) is 15.5 Å². The van der Waals surface area contributed by atoms with Crippen molar-refractivity contribution in [3.8, 4) is 11.5 Å². The van der Waals surface area contributed by atoms with Crippen LogP contribution in [0.25, 0.3) is 11.5 Å². The van der Waals surface area contributed by atoms with E-state index in [0.717, 1.165) is 17.0 Å². The van der Waals surface area contributed by atoms with E-state index in [1.54, 1.807) is 6.08 Å². The molecule has 0 atom stereocenters. The van der Waals surface area contributed by atoms with Crippen LogP contribution in [0.5, 0.6) is 0 Å². The maximum absolute atomic E-state index is 8.72. The molecule has 0 spiro atoms. The molecule has 116 valence electrons. The van der Waals surface area contributed by atoms with Gasteiger partial charge in [-0.1, -0.05) is 17.8 Å². The molecule has 0 amide bonds. The van der Waals surface area contributed by atoms with E-state index in [2.05, 4.69) is 27.4 Å². The summed E-state index contributed by atoms with van der Waals surface area (Å²) in [5.41, 5.74) is 1.66. The van der Waals surface area contributed by atoms with Gasteiger partial charge in [-0.05, 0) is 36.5 Å². The number of nitrogens with zero attached hydrogens (tertiary/aromatic N) is 2. The number of rotatable bonds is 7. The summed E-state index contributed by atoms with van der Waals surface area (Å²) in [6.45, 7) is 4.09. The maximum atomic E-state index is 8.72. The number of thiocarbonyl (C=S) groups is 1. The van der Waals surface area contributed by atoms with Crippen molar-refractivity contribution in [3.63, 3.8) is 0 Å². The monoisotopic (exact) mass is 336 g/mol. The van der Waals surface area contributed by atoms with Gasteiger partial charge in [0.2, 0.25) is 5.89 Å². The van der Waals surface area contributed by atoms with Crippen molar-refractivity contribution in [2.45, 2.75) is 5.22 Å². The number of aliphatic hydroxyl groups is 1. The van der Waals surface area contributed by atoms with Crippen LogP contribution in [0.15, 0.2) is 46.6 Å². The van der Waals surface area contributed by atoms with Gasteiger partial charge in [-0.2, -0.15) is 0 Å². The Bertz CT molecular complexity index is 628. The van der Waals surface area contributed by atoms with Gasteiger partial charge in [-0.25, -0.2) is 0 Å². The number of benzene rings is 1. The fourth-order valence-electron chi connectivity index (χ4n) is 1.56. The molecule has 0 aliphatic rings. The Morgan fingerprint density at radius 2 is 2.14 bits per heavy atom. The summed E-state index contributed by atoms with van der Waals surface area (Å²) in [6.07, 6.45) is 1.78. The molecule has 0 saturated heterocycles. The summed E-state index contributed by atoms with van der Waals surface area (Å²) < 4.78 is 5.55. The van der Waals surface area contributed by atoms with Crippen LogP contribution in [-0.2, 0) is 0 Å². The first kappa shape index (κ1) is 16.5. The summed E-state index contributed by atoms with van der Waals surface area (Å²) in [6, 6.07) is 7.46. The van der Waals surface area contributed by atoms with Gasteiger partial charge >= 0.3 is 0 Å². The summed E-state index contributed by atoms with van der Waals surface area (Å²) in [5, 5.41) is 23.6. The smallest absolute Gasteiger partial charge is 0.277 e. The zero-order valence-electron chi connectivity index (χ0n) is 11.8. The standard InChI is InChI=1S/C14H16N4O2S2/c1-2-9-22-14-18-17-12(20-14)10-3-5-11(6-4-10)16-13(21)15-7-8-19/h2-6,19H,1,7-9H2,(H2,15,16,21). The lowest BCUT2D eigenvalue weighted by Crippen LogP contribution is -2.30. The van der Waals surface area contributed by atoms with Crippen molar-refractivity contribution in [2.75, 3.05) is 24.2 Å². The van der Waals surface area contributed by atoms with Crippen molar-refractivity contribution in [1.29, 1.82) is 0 Å². The van der Waals surface area contributed by atoms with Crippen LogP contribution in [0.2, 0.25) is 0 Å². The van der Waals surface area contributed by atoms with Gasteiger partial charge in [0, 0.05) is 23.5 Å². The van der Waals surface area contributed by atoms with Gasteiger partial charge in [0.15, 0.2) is 5.11 Å². The zero-order valence-corrected chi connectivity index (χ0v) is 13.4. The highest BCUT2D eigenvalue weighted by Gasteiger charge is 2.08. The molecule has 3 N–H and O–H groups in total. The molecule has 2 aromatic rings. The molecule has 1 aromatic heterocycles. The van der Waals surface area contributed by atoms with E-state index < -0.39 is 0 Å². The van der Waals surface area contributed by atoms with Crippen molar-refractivity contribution < 1.29 is 9.52 Å². The molecule has 8 heteroatoms. The molecule has 0 saturated carbocycles. The lowest BCUT2D eigenvalue weighted by molar-refractivity contribution is 0.301. The average Bonchev–Trinajstić information content (AvgIpc) is 3.00. The minimum absolute atomic E-state index is 0.0319. The highest BCUT2D eigenvalue weighted by Crippen LogP contribution is 2.24. The first-order valence-corrected chi connectivity index (χ1v) is 7.95. The number of anilines is 1. The number of hydrogen-bond acceptors (Lipinski definition) is 6. The van der Waals surface area contributed by atoms with Gasteiger partial charge in [-0.15, -0.1) is 16.8 Å². The quantitative estimate of drug-likeness (QED) is 0.404. The largest absolute Gasteiger partial charge is 0.411 e. The molecule has 0 bridgehead atoms. The fraction of sp³-hybridized carbons (Fsp3) is 0.214. The van der Waals surface area contributed by atoms with Gasteiger partial charge in [0.05, 0.1) is 6.61 Å². The van der Waals surface area contributed by atoms with Crippen molar-refractivity contribution in [3.05, 3.63) is 36.9 Å². The molecule has 6 nitrogen and oxygen atoms in total. The van der Waals surface area contributed by atoms with Gasteiger partial charge in [0.25, 0.3) is 5.22 Å². The second-order valence-electron chi connectivity index (χ2n) is 4.15. The average molecular weight is 336 g/mol. The summed E-state index contributed by atoms with van der Waals surface area (Å²) in [7, 11) is 0.